The van der Waals surface area contributed by atoms with Crippen LogP contribution in [-0.4, -0.2) is 78.2 Å². The van der Waals surface area contributed by atoms with Gasteiger partial charge in [-0.25, -0.2) is 19.2 Å². The van der Waals surface area contributed by atoms with Crippen molar-refractivity contribution in [3.63, 3.8) is 0 Å². The van der Waals surface area contributed by atoms with Gasteiger partial charge in [0.1, 0.15) is 33.6 Å². The zero-order valence-electron chi connectivity index (χ0n) is 29.8. The van der Waals surface area contributed by atoms with Crippen LogP contribution in [0.5, 0.6) is 11.5 Å². The predicted octanol–water partition coefficient (Wildman–Crippen LogP) is 5.97. The van der Waals surface area contributed by atoms with Crippen molar-refractivity contribution >= 4 is 50.6 Å². The standard InChI is InChI=1S/C17H14N4O2.C11H11BrN2O.C6H5BN2O3.CH3F.CH4/c1-22-17-5-2-12(10-21-7-6-18-11-21)8-14(17)13-3-4-15-16(9-13)20-23-19-15;1-15-11-3-2-9(6-10(11)12)7-14-5-4-13-8-14;10-7(11)4-1-2-5-6(3-4)9-12-8-5;1-2;/h2-9,11H,10H2,1H3;2-6,8H,7H2,1H3;1-3,10-11H;1H3;1H4/i;;;1D2;. The average Bonchev–Trinajstić information content (AvgIpc) is 4.01. The monoisotopic (exact) mass is 788 g/mol. The van der Waals surface area contributed by atoms with Crippen molar-refractivity contribution in [3.05, 3.63) is 126 Å². The second kappa shape index (κ2) is 19.6. The van der Waals surface area contributed by atoms with Gasteiger partial charge in [-0.3, -0.25) is 4.39 Å². The van der Waals surface area contributed by atoms with E-state index in [0.29, 0.717) is 16.5 Å². The zero-order chi connectivity index (χ0) is 38.5. The van der Waals surface area contributed by atoms with Gasteiger partial charge in [0.15, 0.2) is 0 Å². The average molecular weight is 789 g/mol. The first-order chi connectivity index (χ1) is 26.1. The van der Waals surface area contributed by atoms with E-state index in [0.717, 1.165) is 56.8 Å². The van der Waals surface area contributed by atoms with E-state index < -0.39 is 14.2 Å². The Morgan fingerprint density at radius 2 is 1.26 bits per heavy atom. The van der Waals surface area contributed by atoms with E-state index in [1.54, 1.807) is 51.4 Å². The van der Waals surface area contributed by atoms with Crippen LogP contribution in [0.15, 0.2) is 124 Å². The molecule has 17 heteroatoms. The molecule has 14 nitrogen and oxygen atoms in total. The second-order valence-corrected chi connectivity index (χ2v) is 11.7. The third kappa shape index (κ3) is 10.6. The largest absolute Gasteiger partial charge is 0.496 e. The summed E-state index contributed by atoms with van der Waals surface area (Å²) in [5.74, 6) is 1.67. The van der Waals surface area contributed by atoms with Gasteiger partial charge in [-0.15, -0.1) is 0 Å². The van der Waals surface area contributed by atoms with Crippen LogP contribution in [0.1, 0.15) is 21.3 Å². The molecular weight excluding hydrogens is 750 g/mol. The van der Waals surface area contributed by atoms with Crippen molar-refractivity contribution in [1.82, 2.24) is 39.7 Å². The van der Waals surface area contributed by atoms with Crippen LogP contribution in [0.2, 0.25) is 0 Å². The number of methoxy groups -OCH3 is 2. The highest BCUT2D eigenvalue weighted by atomic mass is 79.9. The molecule has 0 unspecified atom stereocenters. The Morgan fingerprint density at radius 3 is 1.79 bits per heavy atom. The lowest BCUT2D eigenvalue weighted by Gasteiger charge is -2.11. The number of aromatic nitrogens is 8. The summed E-state index contributed by atoms with van der Waals surface area (Å²) in [7, 11) is -0.314. The van der Waals surface area contributed by atoms with Crippen LogP contribution in [-0.2, 0) is 13.1 Å². The minimum Gasteiger partial charge on any atom is -0.496 e. The molecule has 0 aliphatic heterocycles. The van der Waals surface area contributed by atoms with Crippen molar-refractivity contribution in [2.24, 2.45) is 0 Å². The predicted molar refractivity (Wildman–Crippen MR) is 203 cm³/mol. The number of benzene rings is 4. The molecule has 8 rings (SSSR count). The maximum Gasteiger partial charge on any atom is 0.488 e. The fraction of sp³-hybridized carbons (Fsp3) is 0.167. The molecule has 0 bridgehead atoms. The summed E-state index contributed by atoms with van der Waals surface area (Å²) >= 11 is 3.46. The van der Waals surface area contributed by atoms with Gasteiger partial charge in [-0.2, -0.15) is 0 Å². The smallest absolute Gasteiger partial charge is 0.488 e. The van der Waals surface area contributed by atoms with Crippen molar-refractivity contribution in [3.8, 4) is 22.6 Å². The molecule has 274 valence electrons. The summed E-state index contributed by atoms with van der Waals surface area (Å²) in [6, 6.07) is 22.7. The number of imidazole rings is 2. The quantitative estimate of drug-likeness (QED) is 0.173. The first-order valence-electron chi connectivity index (χ1n) is 16.5. The Bertz CT molecular complexity index is 2340. The maximum atomic E-state index is 10.3. The second-order valence-electron chi connectivity index (χ2n) is 10.8. The molecule has 0 radical (unpaired) electrons. The number of rotatable bonds is 8. The van der Waals surface area contributed by atoms with Crippen LogP contribution >= 0.6 is 15.9 Å². The molecule has 0 saturated heterocycles. The molecule has 0 aliphatic rings. The normalized spacial score (nSPS) is 10.8. The van der Waals surface area contributed by atoms with E-state index in [1.165, 1.54) is 11.6 Å². The number of hydrogen-bond acceptors (Lipinski definition) is 12. The van der Waals surface area contributed by atoms with E-state index in [4.69, 9.17) is 26.9 Å². The molecule has 4 aromatic carbocycles. The molecule has 0 fully saturated rings. The molecule has 0 spiro atoms. The fourth-order valence-corrected chi connectivity index (χ4v) is 5.57. The molecule has 0 atom stereocenters. The Morgan fingerprint density at radius 1 is 0.736 bits per heavy atom. The lowest BCUT2D eigenvalue weighted by atomic mass is 9.80. The van der Waals surface area contributed by atoms with Gasteiger partial charge in [0.05, 0.1) is 41.2 Å². The number of fused-ring (bicyclic) bond motifs is 2. The molecule has 2 N–H and O–H groups in total. The van der Waals surface area contributed by atoms with Gasteiger partial charge in [0.2, 0.25) is 0 Å². The number of hydrogen-bond donors (Lipinski definition) is 2. The van der Waals surface area contributed by atoms with Crippen molar-refractivity contribution < 1.29 is 35.9 Å². The highest BCUT2D eigenvalue weighted by Gasteiger charge is 2.13. The summed E-state index contributed by atoms with van der Waals surface area (Å²) < 4.78 is 46.4. The SMILES string of the molecule is C.COc1ccc(Cn2ccnc2)cc1-c1ccc2nonc2c1.COc1ccc(Cn2ccnc2)cc1Br.OB(O)c1ccc2nonc2c1.[2H]C([2H])F. The first-order valence-corrected chi connectivity index (χ1v) is 16.1. The minimum absolute atomic E-state index is 0. The highest BCUT2D eigenvalue weighted by Crippen LogP contribution is 2.32. The van der Waals surface area contributed by atoms with E-state index in [-0.39, 0.29) is 7.43 Å². The van der Waals surface area contributed by atoms with Gasteiger partial charge in [0.25, 0.3) is 0 Å². The summed E-state index contributed by atoms with van der Waals surface area (Å²) in [5, 5.41) is 32.5. The summed E-state index contributed by atoms with van der Waals surface area (Å²) in [6.45, 7) is 1.58. The molecule has 4 heterocycles. The summed E-state index contributed by atoms with van der Waals surface area (Å²) in [4.78, 5) is 8.07. The van der Waals surface area contributed by atoms with Crippen molar-refractivity contribution in [1.29, 1.82) is 0 Å². The number of alkyl halides is 1. The van der Waals surface area contributed by atoms with E-state index >= 15 is 0 Å². The molecule has 0 saturated carbocycles. The van der Waals surface area contributed by atoms with Crippen molar-refractivity contribution in [2.75, 3.05) is 21.3 Å². The topological polar surface area (TPSA) is 172 Å². The Labute approximate surface area is 315 Å². The molecule has 0 aliphatic carbocycles. The highest BCUT2D eigenvalue weighted by molar-refractivity contribution is 9.10. The third-order valence-corrected chi connectivity index (χ3v) is 8.09. The number of nitrogens with zero attached hydrogens (tertiary/aromatic N) is 8. The molecule has 8 aromatic rings. The Hall–Kier alpha value is -5.91. The lowest BCUT2D eigenvalue weighted by molar-refractivity contribution is 0.315. The number of ether oxygens (including phenoxy) is 2. The van der Waals surface area contributed by atoms with Gasteiger partial charge >= 0.3 is 7.12 Å². The van der Waals surface area contributed by atoms with Gasteiger partial charge < -0.3 is 28.7 Å². The maximum absolute atomic E-state index is 10.3. The van der Waals surface area contributed by atoms with Crippen LogP contribution in [0, 0.1) is 0 Å². The van der Waals surface area contributed by atoms with E-state index in [1.807, 2.05) is 57.9 Å². The molecule has 4 aromatic heterocycles. The fourth-order valence-electron chi connectivity index (χ4n) is 4.98. The number of halogens is 2. The van der Waals surface area contributed by atoms with Crippen molar-refractivity contribution in [2.45, 2.75) is 20.5 Å². The summed E-state index contributed by atoms with van der Waals surface area (Å²) in [6.07, 6.45) is 11.0. The van der Waals surface area contributed by atoms with Gasteiger partial charge in [-0.05, 0) is 107 Å². The van der Waals surface area contributed by atoms with E-state index in [9.17, 15) is 4.39 Å². The lowest BCUT2D eigenvalue weighted by Crippen LogP contribution is -2.29. The van der Waals surface area contributed by atoms with E-state index in [2.05, 4.69) is 69.4 Å². The van der Waals surface area contributed by atoms with Crippen LogP contribution in [0.4, 0.5) is 4.39 Å². The first kappa shape index (κ1) is 36.9. The van der Waals surface area contributed by atoms with Crippen LogP contribution < -0.4 is 14.9 Å². The summed E-state index contributed by atoms with van der Waals surface area (Å²) in [5.41, 5.74) is 7.34. The Balaban J connectivity index is 0.000000183. The molecule has 0 amide bonds. The van der Waals surface area contributed by atoms with Gasteiger partial charge in [-0.1, -0.05) is 31.7 Å². The molecular formula is C36H37BBrFN8O6. The molecule has 53 heavy (non-hydrogen) atoms. The van der Waals surface area contributed by atoms with Gasteiger partial charge in [0, 0.05) is 43.4 Å². The Kier molecular flexibility index (Phi) is 13.7. The third-order valence-electron chi connectivity index (χ3n) is 7.47. The minimum atomic E-state index is -2.17. The van der Waals surface area contributed by atoms with Crippen LogP contribution in [0.25, 0.3) is 33.2 Å². The zero-order valence-corrected chi connectivity index (χ0v) is 29.4. The van der Waals surface area contributed by atoms with Crippen LogP contribution in [0.3, 0.4) is 0 Å².